The number of sulfonamides is 1. The van der Waals surface area contributed by atoms with Gasteiger partial charge in [-0.15, -0.1) is 0 Å². The van der Waals surface area contributed by atoms with Crippen molar-refractivity contribution in [2.24, 2.45) is 0 Å². The fourth-order valence-corrected chi connectivity index (χ4v) is 4.30. The number of nitro benzene ring substituents is 1. The molecule has 162 valence electrons. The summed E-state index contributed by atoms with van der Waals surface area (Å²) in [7, 11) is -2.63. The van der Waals surface area contributed by atoms with Crippen molar-refractivity contribution in [1.29, 1.82) is 0 Å². The molecule has 0 aliphatic heterocycles. The average molecular weight is 436 g/mol. The largest absolute Gasteiger partial charge is 0.495 e. The fourth-order valence-electron chi connectivity index (χ4n) is 3.09. The first-order valence-corrected chi connectivity index (χ1v) is 11.2. The van der Waals surface area contributed by atoms with Crippen molar-refractivity contribution in [2.45, 2.75) is 25.8 Å². The average Bonchev–Trinajstić information content (AvgIpc) is 2.71. The van der Waals surface area contributed by atoms with Crippen molar-refractivity contribution in [2.75, 3.05) is 24.2 Å². The maximum Gasteiger partial charge on any atom is 0.271 e. The highest BCUT2D eigenvalue weighted by molar-refractivity contribution is 7.92. The van der Waals surface area contributed by atoms with Crippen LogP contribution in [0.5, 0.6) is 5.75 Å². The van der Waals surface area contributed by atoms with Gasteiger partial charge in [-0.3, -0.25) is 19.2 Å². The zero-order chi connectivity index (χ0) is 22.3. The first kappa shape index (κ1) is 23.1. The van der Waals surface area contributed by atoms with Gasteiger partial charge in [-0.05, 0) is 24.5 Å². The summed E-state index contributed by atoms with van der Waals surface area (Å²) in [5.74, 6) is -0.381. The van der Waals surface area contributed by atoms with E-state index in [0.29, 0.717) is 13.0 Å². The third-order valence-corrected chi connectivity index (χ3v) is 5.66. The quantitative estimate of drug-likeness (QED) is 0.452. The molecule has 0 radical (unpaired) electrons. The number of non-ortho nitro benzene ring substituents is 1. The number of hydrogen-bond acceptors (Lipinski definition) is 6. The van der Waals surface area contributed by atoms with Crippen LogP contribution in [0.2, 0.25) is 0 Å². The van der Waals surface area contributed by atoms with Gasteiger partial charge in [-0.25, -0.2) is 8.42 Å². The third kappa shape index (κ3) is 5.69. The van der Waals surface area contributed by atoms with E-state index in [1.165, 1.54) is 19.2 Å². The molecule has 10 heteroatoms. The van der Waals surface area contributed by atoms with Crippen LogP contribution in [0.3, 0.4) is 0 Å². The summed E-state index contributed by atoms with van der Waals surface area (Å²) in [6.45, 7) is 1.99. The molecule has 1 atom stereocenters. The minimum absolute atomic E-state index is 0.0562. The van der Waals surface area contributed by atoms with Crippen LogP contribution in [0.1, 0.15) is 18.9 Å². The van der Waals surface area contributed by atoms with Crippen molar-refractivity contribution >= 4 is 27.3 Å². The molecule has 0 aliphatic carbocycles. The number of nitro groups is 1. The van der Waals surface area contributed by atoms with Crippen molar-refractivity contribution < 1.29 is 22.9 Å². The molecule has 0 bridgehead atoms. The number of benzene rings is 2. The number of ether oxygens (including phenoxy) is 1. The molecule has 0 fully saturated rings. The molecule has 0 spiro atoms. The van der Waals surface area contributed by atoms with Gasteiger partial charge >= 0.3 is 0 Å². The minimum atomic E-state index is -3.96. The van der Waals surface area contributed by atoms with Gasteiger partial charge in [0.15, 0.2) is 0 Å². The topological polar surface area (TPSA) is 119 Å². The molecule has 1 amide bonds. The molecule has 0 saturated heterocycles. The summed E-state index contributed by atoms with van der Waals surface area (Å²) in [5.41, 5.74) is 0.671. The van der Waals surface area contributed by atoms with Crippen molar-refractivity contribution in [3.8, 4) is 5.75 Å². The Bertz CT molecular complexity index is 995. The first-order valence-electron chi connectivity index (χ1n) is 9.32. The van der Waals surface area contributed by atoms with Crippen LogP contribution >= 0.6 is 0 Å². The second kappa shape index (κ2) is 10.1. The highest BCUT2D eigenvalue weighted by Crippen LogP contribution is 2.35. The van der Waals surface area contributed by atoms with E-state index in [1.807, 2.05) is 30.3 Å². The maximum absolute atomic E-state index is 12.9. The van der Waals surface area contributed by atoms with E-state index in [2.05, 4.69) is 5.32 Å². The Morgan fingerprint density at radius 2 is 1.90 bits per heavy atom. The van der Waals surface area contributed by atoms with E-state index in [4.69, 9.17) is 4.74 Å². The zero-order valence-electron chi connectivity index (χ0n) is 17.1. The van der Waals surface area contributed by atoms with Crippen LogP contribution in [0.25, 0.3) is 0 Å². The number of rotatable bonds is 10. The van der Waals surface area contributed by atoms with Gasteiger partial charge in [0.05, 0.1) is 18.3 Å². The highest BCUT2D eigenvalue weighted by atomic mass is 32.2. The van der Waals surface area contributed by atoms with Gasteiger partial charge in [0.1, 0.15) is 17.5 Å². The summed E-state index contributed by atoms with van der Waals surface area (Å²) < 4.78 is 31.3. The SMILES string of the molecule is CC[C@@H](C(=O)NCCc1ccccc1)N(c1cc([N+](=O)[O-])ccc1OC)S(C)(=O)=O. The summed E-state index contributed by atoms with van der Waals surface area (Å²) in [6, 6.07) is 12.1. The van der Waals surface area contributed by atoms with Gasteiger partial charge in [-0.1, -0.05) is 37.3 Å². The van der Waals surface area contributed by atoms with Crippen LogP contribution in [-0.2, 0) is 21.2 Å². The molecule has 0 unspecified atom stereocenters. The zero-order valence-corrected chi connectivity index (χ0v) is 17.9. The number of carbonyl (C=O) groups is 1. The lowest BCUT2D eigenvalue weighted by Crippen LogP contribution is -2.49. The predicted molar refractivity (Wildman–Crippen MR) is 114 cm³/mol. The van der Waals surface area contributed by atoms with Crippen LogP contribution in [0.15, 0.2) is 48.5 Å². The van der Waals surface area contributed by atoms with E-state index in [9.17, 15) is 23.3 Å². The van der Waals surface area contributed by atoms with E-state index in [1.54, 1.807) is 6.92 Å². The lowest BCUT2D eigenvalue weighted by atomic mass is 10.1. The number of amides is 1. The molecule has 0 aromatic heterocycles. The first-order chi connectivity index (χ1) is 14.2. The van der Waals surface area contributed by atoms with E-state index in [0.717, 1.165) is 22.2 Å². The second-order valence-electron chi connectivity index (χ2n) is 6.62. The Kier molecular flexibility index (Phi) is 7.76. The number of carbonyl (C=O) groups excluding carboxylic acids is 1. The van der Waals surface area contributed by atoms with Crippen LogP contribution in [0, 0.1) is 10.1 Å². The number of hydrogen-bond donors (Lipinski definition) is 1. The molecule has 0 saturated carbocycles. The second-order valence-corrected chi connectivity index (χ2v) is 8.48. The molecule has 2 aromatic rings. The van der Waals surface area contributed by atoms with Gasteiger partial charge in [0.2, 0.25) is 15.9 Å². The minimum Gasteiger partial charge on any atom is -0.495 e. The van der Waals surface area contributed by atoms with Gasteiger partial charge in [0.25, 0.3) is 5.69 Å². The van der Waals surface area contributed by atoms with Crippen molar-refractivity contribution in [3.63, 3.8) is 0 Å². The number of anilines is 1. The molecule has 2 rings (SSSR count). The smallest absolute Gasteiger partial charge is 0.271 e. The van der Waals surface area contributed by atoms with E-state index >= 15 is 0 Å². The van der Waals surface area contributed by atoms with Crippen LogP contribution in [-0.4, -0.2) is 45.2 Å². The lowest BCUT2D eigenvalue weighted by molar-refractivity contribution is -0.384. The standard InChI is InChI=1S/C20H25N3O6S/c1-4-17(20(24)21-13-12-15-8-6-5-7-9-15)22(30(3,27)28)18-14-16(23(25)26)10-11-19(18)29-2/h5-11,14,17H,4,12-13H2,1-3H3,(H,21,24)/t17-/m0/s1. The lowest BCUT2D eigenvalue weighted by Gasteiger charge is -2.31. The third-order valence-electron chi connectivity index (χ3n) is 4.50. The number of methoxy groups -OCH3 is 1. The molecule has 1 N–H and O–H groups in total. The van der Waals surface area contributed by atoms with Gasteiger partial charge in [0, 0.05) is 18.7 Å². The molecule has 2 aromatic carbocycles. The molecular weight excluding hydrogens is 410 g/mol. The summed E-state index contributed by atoms with van der Waals surface area (Å²) in [6.07, 6.45) is 1.70. The highest BCUT2D eigenvalue weighted by Gasteiger charge is 2.34. The summed E-state index contributed by atoms with van der Waals surface area (Å²) in [4.78, 5) is 23.4. The number of nitrogens with one attached hydrogen (secondary N) is 1. The Labute approximate surface area is 175 Å². The van der Waals surface area contributed by atoms with Crippen LogP contribution < -0.4 is 14.4 Å². The van der Waals surface area contributed by atoms with Gasteiger partial charge in [-0.2, -0.15) is 0 Å². The molecule has 0 aliphatic rings. The predicted octanol–water partition coefficient (Wildman–Crippen LogP) is 2.51. The molecule has 30 heavy (non-hydrogen) atoms. The molecular formula is C20H25N3O6S. The fraction of sp³-hybridized carbons (Fsp3) is 0.350. The molecule has 9 nitrogen and oxygen atoms in total. The monoisotopic (exact) mass is 435 g/mol. The van der Waals surface area contributed by atoms with Gasteiger partial charge < -0.3 is 10.1 Å². The van der Waals surface area contributed by atoms with Crippen LogP contribution in [0.4, 0.5) is 11.4 Å². The summed E-state index contributed by atoms with van der Waals surface area (Å²) in [5, 5.41) is 14.0. The Morgan fingerprint density at radius 3 is 2.43 bits per heavy atom. The van der Waals surface area contributed by atoms with E-state index in [-0.39, 0.29) is 23.5 Å². The summed E-state index contributed by atoms with van der Waals surface area (Å²) >= 11 is 0. The Hall–Kier alpha value is -3.14. The number of nitrogens with zero attached hydrogens (tertiary/aromatic N) is 2. The maximum atomic E-state index is 12.9. The van der Waals surface area contributed by atoms with E-state index < -0.39 is 26.9 Å². The Balaban J connectivity index is 2.33. The van der Waals surface area contributed by atoms with Crippen molar-refractivity contribution in [3.05, 3.63) is 64.2 Å². The normalized spacial score (nSPS) is 12.1. The Morgan fingerprint density at radius 1 is 1.23 bits per heavy atom. The molecule has 0 heterocycles. The van der Waals surface area contributed by atoms with Crippen molar-refractivity contribution in [1.82, 2.24) is 5.32 Å².